The first kappa shape index (κ1) is 16.4. The van der Waals surface area contributed by atoms with Crippen LogP contribution >= 0.6 is 0 Å². The first-order valence-corrected chi connectivity index (χ1v) is 8.46. The molecule has 24 heavy (non-hydrogen) atoms. The van der Waals surface area contributed by atoms with Crippen molar-refractivity contribution in [1.29, 1.82) is 0 Å². The van der Waals surface area contributed by atoms with E-state index in [-0.39, 0.29) is 5.91 Å². The molecule has 0 radical (unpaired) electrons. The van der Waals surface area contributed by atoms with Crippen molar-refractivity contribution in [3.63, 3.8) is 0 Å². The van der Waals surface area contributed by atoms with Crippen LogP contribution in [0.3, 0.4) is 0 Å². The molecule has 0 unspecified atom stereocenters. The van der Waals surface area contributed by atoms with Gasteiger partial charge in [-0.25, -0.2) is 0 Å². The third kappa shape index (κ3) is 4.10. The number of ether oxygens (including phenoxy) is 1. The monoisotopic (exact) mass is 329 g/mol. The molecule has 0 saturated heterocycles. The van der Waals surface area contributed by atoms with E-state index in [9.17, 15) is 4.79 Å². The Morgan fingerprint density at radius 2 is 2.21 bits per heavy atom. The van der Waals surface area contributed by atoms with Crippen LogP contribution in [-0.2, 0) is 11.2 Å². The van der Waals surface area contributed by atoms with Crippen LogP contribution in [0.1, 0.15) is 44.3 Å². The molecule has 0 aliphatic heterocycles. The Balaban J connectivity index is 1.48. The highest BCUT2D eigenvalue weighted by molar-refractivity contribution is 5.76. The number of nitrogens with zero attached hydrogens (tertiary/aromatic N) is 4. The average molecular weight is 329 g/mol. The van der Waals surface area contributed by atoms with Gasteiger partial charge in [0.25, 0.3) is 0 Å². The Bertz CT molecular complexity index is 738. The predicted molar refractivity (Wildman–Crippen MR) is 89.8 cm³/mol. The first-order valence-electron chi connectivity index (χ1n) is 8.46. The lowest BCUT2D eigenvalue weighted by atomic mass is 9.97. The molecule has 1 aliphatic carbocycles. The maximum absolute atomic E-state index is 12.0. The molecule has 1 aliphatic rings. The number of aryl methyl sites for hydroxylation is 1. The number of carbonyl (C=O) groups is 1. The molecule has 2 heterocycles. The molecule has 1 N–H and O–H groups in total. The zero-order chi connectivity index (χ0) is 16.8. The summed E-state index contributed by atoms with van der Waals surface area (Å²) < 4.78 is 6.73. The highest BCUT2D eigenvalue weighted by Gasteiger charge is 2.11. The molecule has 0 fully saturated rings. The Hall–Kier alpha value is -2.44. The summed E-state index contributed by atoms with van der Waals surface area (Å²) in [5.74, 6) is 1.19. The van der Waals surface area contributed by atoms with Crippen LogP contribution in [0.15, 0.2) is 23.8 Å². The Labute approximate surface area is 141 Å². The van der Waals surface area contributed by atoms with Crippen molar-refractivity contribution >= 4 is 11.6 Å². The number of aromatic nitrogens is 4. The van der Waals surface area contributed by atoms with E-state index in [0.29, 0.717) is 36.7 Å². The van der Waals surface area contributed by atoms with Crippen LogP contribution < -0.4 is 10.1 Å². The van der Waals surface area contributed by atoms with Crippen molar-refractivity contribution in [1.82, 2.24) is 25.1 Å². The quantitative estimate of drug-likeness (QED) is 0.787. The van der Waals surface area contributed by atoms with Gasteiger partial charge in [0.05, 0.1) is 7.11 Å². The van der Waals surface area contributed by atoms with Crippen molar-refractivity contribution in [3.05, 3.63) is 29.6 Å². The van der Waals surface area contributed by atoms with E-state index in [1.54, 1.807) is 23.8 Å². The molecule has 1 amide bonds. The molecule has 7 heteroatoms. The standard InChI is InChI=1S/C17H23N5O2/c1-24-17-10-8-15-20-19-14(22(15)21-17)7-9-16(23)18-12-11-13-5-3-2-4-6-13/h5,8,10H,2-4,6-7,9,11-12H2,1H3,(H,18,23). The van der Waals surface area contributed by atoms with E-state index in [2.05, 4.69) is 26.7 Å². The minimum atomic E-state index is 0.0334. The van der Waals surface area contributed by atoms with Gasteiger partial charge in [0.1, 0.15) is 0 Å². The summed E-state index contributed by atoms with van der Waals surface area (Å²) in [6.45, 7) is 0.706. The van der Waals surface area contributed by atoms with Gasteiger partial charge < -0.3 is 10.1 Å². The number of allylic oxidation sites excluding steroid dienone is 1. The maximum atomic E-state index is 12.0. The highest BCUT2D eigenvalue weighted by Crippen LogP contribution is 2.19. The summed E-state index contributed by atoms with van der Waals surface area (Å²) in [4.78, 5) is 12.0. The molecule has 7 nitrogen and oxygen atoms in total. The van der Waals surface area contributed by atoms with Gasteiger partial charge in [-0.2, -0.15) is 4.52 Å². The molecule has 2 aromatic rings. The average Bonchev–Trinajstić information content (AvgIpc) is 3.03. The Kier molecular flexibility index (Phi) is 5.40. The summed E-state index contributed by atoms with van der Waals surface area (Å²) in [6, 6.07) is 3.53. The third-order valence-electron chi connectivity index (χ3n) is 4.24. The van der Waals surface area contributed by atoms with Crippen molar-refractivity contribution in [3.8, 4) is 5.88 Å². The predicted octanol–water partition coefficient (Wildman–Crippen LogP) is 2.07. The van der Waals surface area contributed by atoms with Crippen molar-refractivity contribution in [2.24, 2.45) is 0 Å². The van der Waals surface area contributed by atoms with Crippen LogP contribution in [0, 0.1) is 0 Å². The minimum Gasteiger partial charge on any atom is -0.480 e. The van der Waals surface area contributed by atoms with Crippen LogP contribution in [0.25, 0.3) is 5.65 Å². The lowest BCUT2D eigenvalue weighted by Gasteiger charge is -2.12. The Morgan fingerprint density at radius 1 is 1.29 bits per heavy atom. The number of amides is 1. The number of carbonyl (C=O) groups excluding carboxylic acids is 1. The number of methoxy groups -OCH3 is 1. The summed E-state index contributed by atoms with van der Waals surface area (Å²) in [7, 11) is 1.56. The van der Waals surface area contributed by atoms with Crippen molar-refractivity contribution in [2.75, 3.05) is 13.7 Å². The largest absolute Gasteiger partial charge is 0.480 e. The number of rotatable bonds is 7. The number of hydrogen-bond donors (Lipinski definition) is 1. The maximum Gasteiger partial charge on any atom is 0.231 e. The van der Waals surface area contributed by atoms with Gasteiger partial charge in [-0.15, -0.1) is 15.3 Å². The molecule has 0 saturated carbocycles. The summed E-state index contributed by atoms with van der Waals surface area (Å²) in [6.07, 6.45) is 9.07. The summed E-state index contributed by atoms with van der Waals surface area (Å²) in [5.41, 5.74) is 2.12. The normalized spacial score (nSPS) is 14.5. The molecule has 3 rings (SSSR count). The van der Waals surface area contributed by atoms with E-state index in [1.165, 1.54) is 31.3 Å². The zero-order valence-electron chi connectivity index (χ0n) is 14.0. The van der Waals surface area contributed by atoms with Crippen molar-refractivity contribution < 1.29 is 9.53 Å². The molecule has 128 valence electrons. The second-order valence-electron chi connectivity index (χ2n) is 5.97. The number of nitrogens with one attached hydrogen (secondary N) is 1. The molecule has 0 atom stereocenters. The molecular formula is C17H23N5O2. The smallest absolute Gasteiger partial charge is 0.231 e. The lowest BCUT2D eigenvalue weighted by Crippen LogP contribution is -2.25. The van der Waals surface area contributed by atoms with Crippen LogP contribution in [0.5, 0.6) is 5.88 Å². The van der Waals surface area contributed by atoms with Gasteiger partial charge in [-0.05, 0) is 38.2 Å². The fourth-order valence-corrected chi connectivity index (χ4v) is 2.89. The molecular weight excluding hydrogens is 306 g/mol. The second-order valence-corrected chi connectivity index (χ2v) is 5.97. The first-order chi connectivity index (χ1) is 11.8. The van der Waals surface area contributed by atoms with Gasteiger partial charge in [0.2, 0.25) is 11.8 Å². The molecule has 2 aromatic heterocycles. The molecule has 0 spiro atoms. The van der Waals surface area contributed by atoms with Gasteiger partial charge in [-0.3, -0.25) is 4.79 Å². The van der Waals surface area contributed by atoms with Crippen molar-refractivity contribution in [2.45, 2.75) is 44.9 Å². The van der Waals surface area contributed by atoms with E-state index in [4.69, 9.17) is 4.74 Å². The number of hydrogen-bond acceptors (Lipinski definition) is 5. The number of fused-ring (bicyclic) bond motifs is 1. The van der Waals surface area contributed by atoms with Crippen LogP contribution in [0.2, 0.25) is 0 Å². The van der Waals surface area contributed by atoms with E-state index < -0.39 is 0 Å². The minimum absolute atomic E-state index is 0.0334. The van der Waals surface area contributed by atoms with Crippen LogP contribution in [0.4, 0.5) is 0 Å². The van der Waals surface area contributed by atoms with Gasteiger partial charge in [-0.1, -0.05) is 11.6 Å². The fraction of sp³-hybridized carbons (Fsp3) is 0.529. The van der Waals surface area contributed by atoms with E-state index in [1.807, 2.05) is 0 Å². The fourth-order valence-electron chi connectivity index (χ4n) is 2.89. The van der Waals surface area contributed by atoms with E-state index in [0.717, 1.165) is 6.42 Å². The lowest BCUT2D eigenvalue weighted by molar-refractivity contribution is -0.121. The van der Waals surface area contributed by atoms with Gasteiger partial charge in [0.15, 0.2) is 11.5 Å². The van der Waals surface area contributed by atoms with Gasteiger partial charge in [0, 0.05) is 25.5 Å². The Morgan fingerprint density at radius 3 is 3.00 bits per heavy atom. The molecule has 0 aromatic carbocycles. The van der Waals surface area contributed by atoms with Gasteiger partial charge >= 0.3 is 0 Å². The zero-order valence-corrected chi connectivity index (χ0v) is 14.0. The summed E-state index contributed by atoms with van der Waals surface area (Å²) >= 11 is 0. The topological polar surface area (TPSA) is 81.4 Å². The highest BCUT2D eigenvalue weighted by atomic mass is 16.5. The third-order valence-corrected chi connectivity index (χ3v) is 4.24. The summed E-state index contributed by atoms with van der Waals surface area (Å²) in [5, 5.41) is 15.4. The van der Waals surface area contributed by atoms with E-state index >= 15 is 0 Å². The second kappa shape index (κ2) is 7.90. The van der Waals surface area contributed by atoms with Crippen LogP contribution in [-0.4, -0.2) is 39.4 Å². The molecule has 0 bridgehead atoms. The SMILES string of the molecule is COc1ccc2nnc(CCC(=O)NCCC3=CCCCC3)n2n1.